The molecule has 2 aromatic carbocycles. The van der Waals surface area contributed by atoms with Crippen molar-refractivity contribution < 1.29 is 14.3 Å². The fourth-order valence-corrected chi connectivity index (χ4v) is 2.93. The molecule has 0 radical (unpaired) electrons. The number of benzene rings is 2. The van der Waals surface area contributed by atoms with Gasteiger partial charge in [0.25, 0.3) is 0 Å². The number of carbonyl (C=O) groups excluding carboxylic acids is 2. The molecule has 26 heavy (non-hydrogen) atoms. The summed E-state index contributed by atoms with van der Waals surface area (Å²) < 4.78 is 5.77. The van der Waals surface area contributed by atoms with E-state index in [9.17, 15) is 9.59 Å². The van der Waals surface area contributed by atoms with Gasteiger partial charge in [-0.05, 0) is 48.7 Å². The van der Waals surface area contributed by atoms with Crippen molar-refractivity contribution in [2.75, 3.05) is 18.0 Å². The first kappa shape index (κ1) is 18.0. The summed E-state index contributed by atoms with van der Waals surface area (Å²) in [7, 11) is 0. The number of carbonyl (C=O) groups is 2. The first-order chi connectivity index (χ1) is 12.5. The van der Waals surface area contributed by atoms with Crippen LogP contribution in [0.3, 0.4) is 0 Å². The van der Waals surface area contributed by atoms with Crippen LogP contribution in [0.15, 0.2) is 54.6 Å². The first-order valence-electron chi connectivity index (χ1n) is 8.96. The maximum absolute atomic E-state index is 12.6. The van der Waals surface area contributed by atoms with Gasteiger partial charge in [-0.25, -0.2) is 0 Å². The molecule has 0 saturated carbocycles. The minimum Gasteiger partial charge on any atom is -0.457 e. The van der Waals surface area contributed by atoms with Gasteiger partial charge in [0.05, 0.1) is 0 Å². The molecule has 1 aliphatic rings. The van der Waals surface area contributed by atoms with Crippen LogP contribution in [0.4, 0.5) is 5.69 Å². The van der Waals surface area contributed by atoms with Crippen molar-refractivity contribution >= 4 is 17.5 Å². The molecule has 2 amide bonds. The van der Waals surface area contributed by atoms with E-state index in [1.54, 1.807) is 4.90 Å². The smallest absolute Gasteiger partial charge is 0.239 e. The fourth-order valence-electron chi connectivity index (χ4n) is 2.93. The predicted molar refractivity (Wildman–Crippen MR) is 101 cm³/mol. The number of nitrogens with one attached hydrogen (secondary N) is 1. The SMILES string of the molecule is CC(C)CNC(=O)C1CCN(c2ccc(Oc3ccccc3)cc2)C1=O. The lowest BCUT2D eigenvalue weighted by molar-refractivity contribution is -0.132. The third-order valence-electron chi connectivity index (χ3n) is 4.33. The van der Waals surface area contributed by atoms with Crippen LogP contribution in [0.5, 0.6) is 11.5 Å². The zero-order valence-corrected chi connectivity index (χ0v) is 15.1. The number of para-hydroxylation sites is 1. The molecule has 1 unspecified atom stereocenters. The standard InChI is InChI=1S/C21H24N2O3/c1-15(2)14-22-20(24)19-12-13-23(21(19)25)16-8-10-18(11-9-16)26-17-6-4-3-5-7-17/h3-11,15,19H,12-14H2,1-2H3,(H,22,24). The largest absolute Gasteiger partial charge is 0.457 e. The van der Waals surface area contributed by atoms with Gasteiger partial charge in [-0.3, -0.25) is 9.59 Å². The van der Waals surface area contributed by atoms with Gasteiger partial charge in [0, 0.05) is 18.8 Å². The Bertz CT molecular complexity index is 757. The van der Waals surface area contributed by atoms with Crippen molar-refractivity contribution in [1.82, 2.24) is 5.32 Å². The van der Waals surface area contributed by atoms with Crippen LogP contribution < -0.4 is 15.0 Å². The van der Waals surface area contributed by atoms with Crippen molar-refractivity contribution in [3.8, 4) is 11.5 Å². The average Bonchev–Trinajstić information content (AvgIpc) is 3.03. The predicted octanol–water partition coefficient (Wildman–Crippen LogP) is 3.60. The summed E-state index contributed by atoms with van der Waals surface area (Å²) in [6.45, 7) is 5.20. The molecular formula is C21H24N2O3. The van der Waals surface area contributed by atoms with Gasteiger partial charge in [-0.2, -0.15) is 0 Å². The van der Waals surface area contributed by atoms with Crippen molar-refractivity contribution in [3.63, 3.8) is 0 Å². The molecule has 3 rings (SSSR count). The molecule has 0 aromatic heterocycles. The summed E-state index contributed by atoms with van der Waals surface area (Å²) in [6, 6.07) is 16.9. The molecule has 0 aliphatic carbocycles. The highest BCUT2D eigenvalue weighted by Gasteiger charge is 2.37. The molecule has 1 heterocycles. The second kappa shape index (κ2) is 8.04. The molecule has 0 bridgehead atoms. The molecule has 0 spiro atoms. The normalized spacial score (nSPS) is 16.8. The van der Waals surface area contributed by atoms with E-state index in [0.717, 1.165) is 11.4 Å². The Morgan fingerprint density at radius 1 is 1.12 bits per heavy atom. The van der Waals surface area contributed by atoms with Crippen molar-refractivity contribution in [2.45, 2.75) is 20.3 Å². The number of nitrogens with zero attached hydrogens (tertiary/aromatic N) is 1. The lowest BCUT2D eigenvalue weighted by Crippen LogP contribution is -2.38. The Kier molecular flexibility index (Phi) is 5.56. The van der Waals surface area contributed by atoms with Crippen LogP contribution in [0, 0.1) is 11.8 Å². The van der Waals surface area contributed by atoms with Gasteiger partial charge < -0.3 is 15.0 Å². The molecule has 1 atom stereocenters. The monoisotopic (exact) mass is 352 g/mol. The zero-order chi connectivity index (χ0) is 18.5. The van der Waals surface area contributed by atoms with Crippen molar-refractivity contribution in [3.05, 3.63) is 54.6 Å². The van der Waals surface area contributed by atoms with Gasteiger partial charge in [-0.1, -0.05) is 32.0 Å². The third-order valence-corrected chi connectivity index (χ3v) is 4.33. The van der Waals surface area contributed by atoms with Gasteiger partial charge in [0.1, 0.15) is 17.4 Å². The Balaban J connectivity index is 1.62. The second-order valence-electron chi connectivity index (χ2n) is 6.88. The van der Waals surface area contributed by atoms with E-state index in [-0.39, 0.29) is 11.8 Å². The summed E-state index contributed by atoms with van der Waals surface area (Å²) >= 11 is 0. The molecule has 136 valence electrons. The summed E-state index contributed by atoms with van der Waals surface area (Å²) in [5.74, 6) is 0.938. The average molecular weight is 352 g/mol. The highest BCUT2D eigenvalue weighted by molar-refractivity contribution is 6.09. The second-order valence-corrected chi connectivity index (χ2v) is 6.88. The van der Waals surface area contributed by atoms with Gasteiger partial charge in [0.15, 0.2) is 0 Å². The molecule has 1 aliphatic heterocycles. The van der Waals surface area contributed by atoms with E-state index < -0.39 is 5.92 Å². The molecule has 5 nitrogen and oxygen atoms in total. The number of rotatable bonds is 6. The maximum Gasteiger partial charge on any atom is 0.239 e. The van der Waals surface area contributed by atoms with E-state index in [4.69, 9.17) is 4.74 Å². The van der Waals surface area contributed by atoms with E-state index >= 15 is 0 Å². The van der Waals surface area contributed by atoms with E-state index in [1.807, 2.05) is 68.4 Å². The first-order valence-corrected chi connectivity index (χ1v) is 8.96. The summed E-state index contributed by atoms with van der Waals surface area (Å²) in [6.07, 6.45) is 0.547. The molecule has 5 heteroatoms. The molecular weight excluding hydrogens is 328 g/mol. The van der Waals surface area contributed by atoms with Crippen molar-refractivity contribution in [2.24, 2.45) is 11.8 Å². The number of ether oxygens (including phenoxy) is 1. The van der Waals surface area contributed by atoms with Gasteiger partial charge >= 0.3 is 0 Å². The lowest BCUT2D eigenvalue weighted by Gasteiger charge is -2.17. The summed E-state index contributed by atoms with van der Waals surface area (Å²) in [5, 5.41) is 2.86. The van der Waals surface area contributed by atoms with Crippen LogP contribution in [-0.4, -0.2) is 24.9 Å². The van der Waals surface area contributed by atoms with Crippen LogP contribution in [0.1, 0.15) is 20.3 Å². The summed E-state index contributed by atoms with van der Waals surface area (Å²) in [4.78, 5) is 26.5. The fraction of sp³-hybridized carbons (Fsp3) is 0.333. The Morgan fingerprint density at radius 3 is 2.42 bits per heavy atom. The topological polar surface area (TPSA) is 58.6 Å². The highest BCUT2D eigenvalue weighted by atomic mass is 16.5. The van der Waals surface area contributed by atoms with Crippen LogP contribution >= 0.6 is 0 Å². The molecule has 1 fully saturated rings. The van der Waals surface area contributed by atoms with Gasteiger partial charge in [0.2, 0.25) is 11.8 Å². The highest BCUT2D eigenvalue weighted by Crippen LogP contribution is 2.28. The number of anilines is 1. The molecule has 1 N–H and O–H groups in total. The van der Waals surface area contributed by atoms with Gasteiger partial charge in [-0.15, -0.1) is 0 Å². The summed E-state index contributed by atoms with van der Waals surface area (Å²) in [5.41, 5.74) is 0.787. The minimum atomic E-state index is -0.589. The molecule has 2 aromatic rings. The van der Waals surface area contributed by atoms with Crippen LogP contribution in [0.2, 0.25) is 0 Å². The number of amides is 2. The zero-order valence-electron chi connectivity index (χ0n) is 15.1. The van der Waals surface area contributed by atoms with Crippen LogP contribution in [0.25, 0.3) is 0 Å². The minimum absolute atomic E-state index is 0.136. The molecule has 1 saturated heterocycles. The van der Waals surface area contributed by atoms with E-state index in [0.29, 0.717) is 31.2 Å². The number of hydrogen-bond donors (Lipinski definition) is 1. The maximum atomic E-state index is 12.6. The Morgan fingerprint density at radius 2 is 1.77 bits per heavy atom. The third kappa shape index (κ3) is 4.23. The Hall–Kier alpha value is -2.82. The quantitative estimate of drug-likeness (QED) is 0.808. The lowest BCUT2D eigenvalue weighted by atomic mass is 10.1. The Labute approximate surface area is 154 Å². The van der Waals surface area contributed by atoms with E-state index in [2.05, 4.69) is 5.32 Å². The van der Waals surface area contributed by atoms with Crippen molar-refractivity contribution in [1.29, 1.82) is 0 Å². The van der Waals surface area contributed by atoms with Crippen LogP contribution in [-0.2, 0) is 9.59 Å². The number of hydrogen-bond acceptors (Lipinski definition) is 3. The van der Waals surface area contributed by atoms with E-state index in [1.165, 1.54) is 0 Å².